The van der Waals surface area contributed by atoms with Crippen molar-refractivity contribution in [2.24, 2.45) is 0 Å². The van der Waals surface area contributed by atoms with Crippen LogP contribution in [-0.2, 0) is 0 Å². The fraction of sp³-hybridized carbons (Fsp3) is 0.0270. The average molecular weight is 789 g/mol. The monoisotopic (exact) mass is 786 g/mol. The highest BCUT2D eigenvalue weighted by Gasteiger charge is 2.07. The zero-order valence-corrected chi connectivity index (χ0v) is 28.4. The van der Waals surface area contributed by atoms with E-state index < -0.39 is 7.12 Å². The molecule has 0 fully saturated rings. The van der Waals surface area contributed by atoms with Crippen LogP contribution in [0.5, 0.6) is 0 Å². The van der Waals surface area contributed by atoms with Gasteiger partial charge in [-0.1, -0.05) is 128 Å². The van der Waals surface area contributed by atoms with Crippen LogP contribution in [0.4, 0.5) is 22.7 Å². The lowest BCUT2D eigenvalue weighted by Gasteiger charge is -2.08. The summed E-state index contributed by atoms with van der Waals surface area (Å²) in [5.41, 5.74) is 7.33. The largest absolute Gasteiger partial charge is 0.488 e. The van der Waals surface area contributed by atoms with Crippen molar-refractivity contribution in [1.29, 1.82) is 0 Å². The van der Waals surface area contributed by atoms with E-state index >= 15 is 0 Å². The normalized spacial score (nSPS) is 9.71. The molecule has 0 unspecified atom stereocenters. The van der Waals surface area contributed by atoms with Gasteiger partial charge in [-0.05, 0) is 102 Å². The molecular weight excluding hydrogens is 755 g/mol. The van der Waals surface area contributed by atoms with E-state index in [9.17, 15) is 0 Å². The van der Waals surface area contributed by atoms with Gasteiger partial charge in [0.1, 0.15) is 0 Å². The van der Waals surface area contributed by atoms with Crippen molar-refractivity contribution in [2.45, 2.75) is 7.43 Å². The molecule has 4 N–H and O–H groups in total. The first-order valence-electron chi connectivity index (χ1n) is 13.7. The fourth-order valence-electron chi connectivity index (χ4n) is 3.93. The molecule has 0 saturated carbocycles. The van der Waals surface area contributed by atoms with E-state index in [1.807, 2.05) is 72.8 Å². The second-order valence-electron chi connectivity index (χ2n) is 9.50. The van der Waals surface area contributed by atoms with E-state index in [2.05, 4.69) is 119 Å². The molecule has 8 heteroatoms. The van der Waals surface area contributed by atoms with Crippen LogP contribution in [0.15, 0.2) is 171 Å². The van der Waals surface area contributed by atoms with E-state index in [0.717, 1.165) is 36.2 Å². The first-order chi connectivity index (χ1) is 21.4. The third-order valence-corrected chi connectivity index (χ3v) is 7.79. The van der Waals surface area contributed by atoms with Gasteiger partial charge in [-0.3, -0.25) is 0 Å². The molecule has 0 spiro atoms. The summed E-state index contributed by atoms with van der Waals surface area (Å²) in [6.07, 6.45) is 0. The van der Waals surface area contributed by atoms with Gasteiger partial charge in [0, 0.05) is 36.2 Å². The summed E-state index contributed by atoms with van der Waals surface area (Å²) in [6, 6.07) is 51.9. The Balaban J connectivity index is 0.000000195. The topological polar surface area (TPSA) is 64.5 Å². The molecule has 0 bridgehead atoms. The van der Waals surface area contributed by atoms with Crippen molar-refractivity contribution in [3.8, 4) is 11.1 Å². The lowest BCUT2D eigenvalue weighted by molar-refractivity contribution is 0.426. The highest BCUT2D eigenvalue weighted by molar-refractivity contribution is 9.11. The van der Waals surface area contributed by atoms with Crippen molar-refractivity contribution in [3.63, 3.8) is 0 Å². The van der Waals surface area contributed by atoms with Gasteiger partial charge in [0.2, 0.25) is 0 Å². The molecule has 0 radical (unpaired) electrons. The minimum atomic E-state index is -1.34. The van der Waals surface area contributed by atoms with Crippen LogP contribution in [0.25, 0.3) is 11.1 Å². The Morgan fingerprint density at radius 2 is 0.667 bits per heavy atom. The molecule has 0 aliphatic heterocycles. The number of anilines is 4. The molecule has 0 heterocycles. The summed E-state index contributed by atoms with van der Waals surface area (Å²) in [6.45, 7) is 0. The minimum Gasteiger partial charge on any atom is -0.423 e. The van der Waals surface area contributed by atoms with Crippen molar-refractivity contribution >= 4 is 83.1 Å². The Hall–Kier alpha value is -3.66. The molecular formula is C37H34BBr3N2O2. The van der Waals surface area contributed by atoms with E-state index in [1.54, 1.807) is 24.3 Å². The predicted octanol–water partition coefficient (Wildman–Crippen LogP) is 10.8. The number of hydrogen-bond donors (Lipinski definition) is 4. The lowest BCUT2D eigenvalue weighted by Crippen LogP contribution is -2.29. The van der Waals surface area contributed by atoms with Crippen molar-refractivity contribution in [3.05, 3.63) is 171 Å². The number of rotatable bonds is 6. The maximum atomic E-state index is 8.58. The SMILES string of the molecule is Brc1ccc(Nc2ccc(-c3ccccc3)cc2)cc1.Brc1ccc(Nc2ccc(Br)cc2)cc1.C.OB(O)c1ccccc1. The maximum absolute atomic E-state index is 8.58. The minimum absolute atomic E-state index is 0. The van der Waals surface area contributed by atoms with Crippen LogP contribution in [-0.4, -0.2) is 17.2 Å². The highest BCUT2D eigenvalue weighted by Crippen LogP contribution is 2.24. The Kier molecular flexibility index (Phi) is 15.1. The molecule has 6 aromatic carbocycles. The second kappa shape index (κ2) is 19.0. The van der Waals surface area contributed by atoms with Crippen LogP contribution in [0.2, 0.25) is 0 Å². The van der Waals surface area contributed by atoms with Gasteiger partial charge >= 0.3 is 7.12 Å². The molecule has 0 amide bonds. The maximum Gasteiger partial charge on any atom is 0.488 e. The molecule has 0 saturated heterocycles. The van der Waals surface area contributed by atoms with E-state index in [0.29, 0.717) is 5.46 Å². The van der Waals surface area contributed by atoms with Gasteiger partial charge in [0.15, 0.2) is 0 Å². The zero-order valence-electron chi connectivity index (χ0n) is 23.6. The first kappa shape index (κ1) is 35.8. The van der Waals surface area contributed by atoms with Crippen molar-refractivity contribution in [1.82, 2.24) is 0 Å². The number of hydrogen-bond acceptors (Lipinski definition) is 4. The predicted molar refractivity (Wildman–Crippen MR) is 204 cm³/mol. The Morgan fingerprint density at radius 1 is 0.378 bits per heavy atom. The van der Waals surface area contributed by atoms with Crippen LogP contribution in [0.1, 0.15) is 7.43 Å². The van der Waals surface area contributed by atoms with Crippen LogP contribution < -0.4 is 16.1 Å². The molecule has 4 nitrogen and oxygen atoms in total. The van der Waals surface area contributed by atoms with Gasteiger partial charge in [-0.15, -0.1) is 0 Å². The van der Waals surface area contributed by atoms with Gasteiger partial charge in [0.25, 0.3) is 0 Å². The summed E-state index contributed by atoms with van der Waals surface area (Å²) in [5.74, 6) is 0. The quantitative estimate of drug-likeness (QED) is 0.127. The Bertz CT molecular complexity index is 1630. The molecule has 0 aliphatic carbocycles. The first-order valence-corrected chi connectivity index (χ1v) is 16.1. The standard InChI is InChI=1S/C18H14BrN.C12H9Br2N.C6H7BO2.CH4/c19-16-8-12-18(13-9-16)20-17-10-6-15(7-11-17)14-4-2-1-3-5-14;13-9-1-5-11(6-2-9)15-12-7-3-10(14)4-8-12;8-7(9)6-4-2-1-3-5-6;/h1-13,20H;1-8,15H;1-5,8-9H;1H4. The summed E-state index contributed by atoms with van der Waals surface area (Å²) >= 11 is 10.3. The van der Waals surface area contributed by atoms with E-state index in [1.165, 1.54) is 11.1 Å². The number of nitrogens with one attached hydrogen (secondary N) is 2. The van der Waals surface area contributed by atoms with Crippen molar-refractivity contribution < 1.29 is 10.0 Å². The summed E-state index contributed by atoms with van der Waals surface area (Å²) < 4.78 is 3.26. The van der Waals surface area contributed by atoms with Gasteiger partial charge < -0.3 is 20.7 Å². The molecule has 45 heavy (non-hydrogen) atoms. The number of halogens is 3. The number of benzene rings is 6. The van der Waals surface area contributed by atoms with Crippen LogP contribution >= 0.6 is 47.8 Å². The van der Waals surface area contributed by atoms with E-state index in [-0.39, 0.29) is 7.43 Å². The third-order valence-electron chi connectivity index (χ3n) is 6.20. The van der Waals surface area contributed by atoms with Gasteiger partial charge in [-0.2, -0.15) is 0 Å². The Labute approximate surface area is 291 Å². The zero-order chi connectivity index (χ0) is 31.1. The molecule has 6 rings (SSSR count). The summed E-state index contributed by atoms with van der Waals surface area (Å²) in [7, 11) is -1.34. The molecule has 6 aromatic rings. The molecule has 228 valence electrons. The molecule has 0 aliphatic rings. The highest BCUT2D eigenvalue weighted by atomic mass is 79.9. The van der Waals surface area contributed by atoms with Crippen LogP contribution in [0.3, 0.4) is 0 Å². The van der Waals surface area contributed by atoms with Gasteiger partial charge in [-0.25, -0.2) is 0 Å². The lowest BCUT2D eigenvalue weighted by atomic mass is 9.81. The third kappa shape index (κ3) is 12.7. The molecule has 0 atom stereocenters. The molecule has 0 aromatic heterocycles. The van der Waals surface area contributed by atoms with Crippen molar-refractivity contribution in [2.75, 3.05) is 10.6 Å². The Morgan fingerprint density at radius 3 is 0.978 bits per heavy atom. The van der Waals surface area contributed by atoms with Gasteiger partial charge in [0.05, 0.1) is 0 Å². The second-order valence-corrected chi connectivity index (χ2v) is 12.2. The van der Waals surface area contributed by atoms with E-state index in [4.69, 9.17) is 10.0 Å². The van der Waals surface area contributed by atoms with Crippen LogP contribution in [0, 0.1) is 0 Å². The fourth-order valence-corrected chi connectivity index (χ4v) is 4.73. The summed E-state index contributed by atoms with van der Waals surface area (Å²) in [4.78, 5) is 0. The smallest absolute Gasteiger partial charge is 0.423 e. The summed E-state index contributed by atoms with van der Waals surface area (Å²) in [5, 5.41) is 23.9. The average Bonchev–Trinajstić information content (AvgIpc) is 3.06.